The summed E-state index contributed by atoms with van der Waals surface area (Å²) in [5.74, 6) is 0.952. The van der Waals surface area contributed by atoms with E-state index in [9.17, 15) is 4.57 Å². The molecule has 1 aromatic rings. The molecule has 0 bridgehead atoms. The first-order valence-corrected chi connectivity index (χ1v) is 5.67. The fourth-order valence-electron chi connectivity index (χ4n) is 0.714. The number of hydrogen-bond acceptors (Lipinski definition) is 3. The van der Waals surface area contributed by atoms with Gasteiger partial charge in [-0.2, -0.15) is 5.26 Å². The van der Waals surface area contributed by atoms with Gasteiger partial charge in [0.2, 0.25) is 0 Å². The van der Waals surface area contributed by atoms with Crippen LogP contribution in [0.3, 0.4) is 0 Å². The third-order valence-electron chi connectivity index (χ3n) is 1.26. The Kier molecular flexibility index (Phi) is 3.41. The van der Waals surface area contributed by atoms with E-state index in [1.165, 1.54) is 12.1 Å². The Balaban J connectivity index is 3.11. The zero-order chi connectivity index (χ0) is 10.8. The minimum Gasteiger partial charge on any atom is -0.411 e. The third kappa shape index (κ3) is 2.63. The lowest BCUT2D eigenvalue weighted by molar-refractivity contribution is 0.394. The van der Waals surface area contributed by atoms with Crippen molar-refractivity contribution in [3.63, 3.8) is 0 Å². The van der Waals surface area contributed by atoms with Crippen LogP contribution in [0.5, 0.6) is 5.75 Å². The summed E-state index contributed by atoms with van der Waals surface area (Å²) in [7, 11) is -4.31. The van der Waals surface area contributed by atoms with E-state index in [4.69, 9.17) is 33.4 Å². The van der Waals surface area contributed by atoms with Gasteiger partial charge in [0.05, 0.1) is 10.0 Å². The largest absolute Gasteiger partial charge is 0.480 e. The van der Waals surface area contributed by atoms with Crippen molar-refractivity contribution >= 4 is 30.8 Å². The highest BCUT2D eigenvalue weighted by Crippen LogP contribution is 2.46. The molecule has 0 saturated heterocycles. The van der Waals surface area contributed by atoms with E-state index in [0.29, 0.717) is 0 Å². The molecule has 0 amide bonds. The van der Waals surface area contributed by atoms with Gasteiger partial charge in [-0.1, -0.05) is 29.3 Å². The van der Waals surface area contributed by atoms with Crippen LogP contribution < -0.4 is 4.52 Å². The Morgan fingerprint density at radius 2 is 1.93 bits per heavy atom. The zero-order valence-corrected chi connectivity index (χ0v) is 9.05. The highest BCUT2D eigenvalue weighted by Gasteiger charge is 2.22. The second-order valence-electron chi connectivity index (χ2n) is 2.26. The van der Waals surface area contributed by atoms with Crippen molar-refractivity contribution < 1.29 is 14.0 Å². The van der Waals surface area contributed by atoms with Crippen molar-refractivity contribution in [2.24, 2.45) is 0 Å². The van der Waals surface area contributed by atoms with Gasteiger partial charge < -0.3 is 9.42 Å². The monoisotopic (exact) mass is 251 g/mol. The number of benzene rings is 1. The molecule has 4 nitrogen and oxygen atoms in total. The number of hydrogen-bond donors (Lipinski definition) is 1. The first-order chi connectivity index (χ1) is 6.46. The van der Waals surface area contributed by atoms with Crippen molar-refractivity contribution in [3.05, 3.63) is 28.2 Å². The third-order valence-corrected chi connectivity index (χ3v) is 2.54. The normalized spacial score (nSPS) is 14.1. The Hall–Kier alpha value is -0.720. The van der Waals surface area contributed by atoms with Crippen LogP contribution in [0.15, 0.2) is 18.2 Å². The van der Waals surface area contributed by atoms with Crippen LogP contribution in [0, 0.1) is 11.1 Å². The molecule has 1 aromatic carbocycles. The Labute approximate surface area is 90.2 Å². The molecular formula is C7H4Cl2NO3P. The quantitative estimate of drug-likeness (QED) is 0.821. The molecule has 0 aromatic heterocycles. The molecule has 74 valence electrons. The number of halogens is 2. The summed E-state index contributed by atoms with van der Waals surface area (Å²) in [6.07, 6.45) is 0. The van der Waals surface area contributed by atoms with E-state index in [0.717, 1.165) is 5.81 Å². The van der Waals surface area contributed by atoms with Crippen LogP contribution in [0.1, 0.15) is 0 Å². The Morgan fingerprint density at radius 3 is 2.36 bits per heavy atom. The zero-order valence-electron chi connectivity index (χ0n) is 6.65. The molecule has 1 atom stereocenters. The van der Waals surface area contributed by atoms with Crippen molar-refractivity contribution in [1.29, 1.82) is 5.26 Å². The molecule has 7 heteroatoms. The van der Waals surface area contributed by atoms with Gasteiger partial charge in [-0.15, -0.1) is 0 Å². The smallest absolute Gasteiger partial charge is 0.411 e. The summed E-state index contributed by atoms with van der Waals surface area (Å²) in [6, 6.07) is 4.41. The Bertz CT molecular complexity index is 423. The number of nitriles is 1. The highest BCUT2D eigenvalue weighted by atomic mass is 35.5. The maximum Gasteiger partial charge on any atom is 0.480 e. The van der Waals surface area contributed by atoms with Crippen LogP contribution >= 0.6 is 30.8 Å². The predicted octanol–water partition coefficient (Wildman–Crippen LogP) is 3.04. The molecule has 0 spiro atoms. The van der Waals surface area contributed by atoms with E-state index in [-0.39, 0.29) is 15.8 Å². The molecular weight excluding hydrogens is 248 g/mol. The summed E-state index contributed by atoms with van der Waals surface area (Å²) in [5.41, 5.74) is 0. The van der Waals surface area contributed by atoms with Gasteiger partial charge in [0.15, 0.2) is 11.6 Å². The number of nitrogens with zero attached hydrogens (tertiary/aromatic N) is 1. The standard InChI is InChI=1S/C7H4Cl2NO3P/c8-5-2-1-3-6(9)7(5)13-14(11,12)4-10/h1-3H,(H,11,12). The van der Waals surface area contributed by atoms with E-state index < -0.39 is 7.60 Å². The first kappa shape index (κ1) is 11.4. The predicted molar refractivity (Wildman–Crippen MR) is 52.5 cm³/mol. The number of para-hydroxylation sites is 1. The summed E-state index contributed by atoms with van der Waals surface area (Å²) < 4.78 is 15.4. The van der Waals surface area contributed by atoms with Crippen molar-refractivity contribution in [3.8, 4) is 11.6 Å². The van der Waals surface area contributed by atoms with E-state index in [1.807, 2.05) is 0 Å². The average molecular weight is 252 g/mol. The fraction of sp³-hybridized carbons (Fsp3) is 0. The lowest BCUT2D eigenvalue weighted by Gasteiger charge is -2.08. The van der Waals surface area contributed by atoms with Gasteiger partial charge in [-0.25, -0.2) is 4.57 Å². The molecule has 0 fully saturated rings. The summed E-state index contributed by atoms with van der Waals surface area (Å²) in [5, 5.41) is 8.41. The maximum absolute atomic E-state index is 10.9. The van der Waals surface area contributed by atoms with Gasteiger partial charge in [0.1, 0.15) is 0 Å². The van der Waals surface area contributed by atoms with Gasteiger partial charge >= 0.3 is 7.60 Å². The molecule has 14 heavy (non-hydrogen) atoms. The minimum absolute atomic E-state index is 0.0713. The topological polar surface area (TPSA) is 70.3 Å². The Morgan fingerprint density at radius 1 is 1.43 bits per heavy atom. The van der Waals surface area contributed by atoms with Crippen LogP contribution in [-0.2, 0) is 4.57 Å². The van der Waals surface area contributed by atoms with Crippen molar-refractivity contribution in [2.75, 3.05) is 0 Å². The van der Waals surface area contributed by atoms with Gasteiger partial charge in [0, 0.05) is 0 Å². The first-order valence-electron chi connectivity index (χ1n) is 3.34. The van der Waals surface area contributed by atoms with E-state index >= 15 is 0 Å². The molecule has 0 aliphatic rings. The van der Waals surface area contributed by atoms with Gasteiger partial charge in [-0.3, -0.25) is 0 Å². The number of rotatable bonds is 2. The lowest BCUT2D eigenvalue weighted by atomic mass is 10.3. The van der Waals surface area contributed by atoms with Crippen molar-refractivity contribution in [1.82, 2.24) is 0 Å². The highest BCUT2D eigenvalue weighted by molar-refractivity contribution is 7.58. The maximum atomic E-state index is 10.9. The van der Waals surface area contributed by atoms with Crippen LogP contribution in [0.2, 0.25) is 10.0 Å². The molecule has 0 radical (unpaired) electrons. The molecule has 1 N–H and O–H groups in total. The second-order valence-corrected chi connectivity index (χ2v) is 4.50. The fourth-order valence-corrected chi connectivity index (χ4v) is 1.78. The minimum atomic E-state index is -4.31. The van der Waals surface area contributed by atoms with Crippen LogP contribution in [0.4, 0.5) is 0 Å². The van der Waals surface area contributed by atoms with Crippen LogP contribution in [0.25, 0.3) is 0 Å². The van der Waals surface area contributed by atoms with Crippen LogP contribution in [-0.4, -0.2) is 4.89 Å². The van der Waals surface area contributed by atoms with Crippen molar-refractivity contribution in [2.45, 2.75) is 0 Å². The molecule has 0 heterocycles. The average Bonchev–Trinajstić information content (AvgIpc) is 2.12. The second kappa shape index (κ2) is 4.20. The SMILES string of the molecule is N#CP(=O)(O)Oc1c(Cl)cccc1Cl. The molecule has 0 aliphatic carbocycles. The van der Waals surface area contributed by atoms with Gasteiger partial charge in [-0.05, 0) is 12.1 Å². The van der Waals surface area contributed by atoms with E-state index in [2.05, 4.69) is 4.52 Å². The molecule has 1 unspecified atom stereocenters. The van der Waals surface area contributed by atoms with Gasteiger partial charge in [0.25, 0.3) is 0 Å². The summed E-state index contributed by atoms with van der Waals surface area (Å²) >= 11 is 11.3. The molecule has 1 rings (SSSR count). The lowest BCUT2D eigenvalue weighted by Crippen LogP contribution is -1.90. The molecule has 0 aliphatic heterocycles. The van der Waals surface area contributed by atoms with E-state index in [1.54, 1.807) is 6.07 Å². The molecule has 0 saturated carbocycles. The summed E-state index contributed by atoms with van der Waals surface area (Å²) in [4.78, 5) is 8.88. The summed E-state index contributed by atoms with van der Waals surface area (Å²) in [6.45, 7) is 0.